The topological polar surface area (TPSA) is 84.3 Å². The fourth-order valence-electron chi connectivity index (χ4n) is 3.69. The van der Waals surface area contributed by atoms with Crippen LogP contribution < -0.4 is 15.5 Å². The number of carbonyl (C=O) groups is 1. The van der Waals surface area contributed by atoms with Gasteiger partial charge < -0.3 is 24.8 Å². The Hall–Kier alpha value is -4.17. The summed E-state index contributed by atoms with van der Waals surface area (Å²) in [6, 6.07) is 20.9. The van der Waals surface area contributed by atoms with Crippen LogP contribution in [0.15, 0.2) is 85.3 Å². The third-order valence-corrected chi connectivity index (χ3v) is 5.46. The van der Waals surface area contributed by atoms with E-state index < -0.39 is 0 Å². The maximum absolute atomic E-state index is 12.6. The van der Waals surface area contributed by atoms with Gasteiger partial charge in [-0.3, -0.25) is 4.79 Å². The Morgan fingerprint density at radius 3 is 2.30 bits per heavy atom. The maximum Gasteiger partial charge on any atom is 0.255 e. The lowest BCUT2D eigenvalue weighted by Gasteiger charge is -2.28. The van der Waals surface area contributed by atoms with E-state index in [9.17, 15) is 4.79 Å². The Labute approximate surface area is 191 Å². The number of carbonyl (C=O) groups excluding carboxylic acids is 1. The molecule has 1 fully saturated rings. The number of nitrogens with one attached hydrogen (secondary N) is 2. The third kappa shape index (κ3) is 5.02. The first kappa shape index (κ1) is 20.7. The molecule has 0 spiro atoms. The van der Waals surface area contributed by atoms with Gasteiger partial charge in [-0.05, 0) is 60.7 Å². The van der Waals surface area contributed by atoms with Crippen LogP contribution in [0.2, 0.25) is 0 Å². The van der Waals surface area contributed by atoms with Crippen molar-refractivity contribution in [2.75, 3.05) is 41.8 Å². The molecule has 2 aromatic heterocycles. The second-order valence-electron chi connectivity index (χ2n) is 7.69. The zero-order valence-electron chi connectivity index (χ0n) is 18.0. The van der Waals surface area contributed by atoms with Crippen LogP contribution in [0.25, 0.3) is 5.69 Å². The number of amides is 1. The van der Waals surface area contributed by atoms with Crippen molar-refractivity contribution in [3.8, 4) is 5.69 Å². The third-order valence-electron chi connectivity index (χ3n) is 5.46. The number of morpholine rings is 1. The molecular formula is C25H24N6O2. The van der Waals surface area contributed by atoms with E-state index in [1.54, 1.807) is 6.20 Å². The number of hydrogen-bond acceptors (Lipinski definition) is 6. The zero-order valence-corrected chi connectivity index (χ0v) is 18.0. The fourth-order valence-corrected chi connectivity index (χ4v) is 3.69. The van der Waals surface area contributed by atoms with Crippen LogP contribution in [0, 0.1) is 0 Å². The predicted octanol–water partition coefficient (Wildman–Crippen LogP) is 4.10. The lowest BCUT2D eigenvalue weighted by molar-refractivity contribution is 0.102. The second-order valence-corrected chi connectivity index (χ2v) is 7.69. The summed E-state index contributed by atoms with van der Waals surface area (Å²) in [6.45, 7) is 3.12. The summed E-state index contributed by atoms with van der Waals surface area (Å²) in [7, 11) is 0. The number of benzene rings is 2. The highest BCUT2D eigenvalue weighted by molar-refractivity contribution is 6.04. The van der Waals surface area contributed by atoms with Crippen molar-refractivity contribution in [3.63, 3.8) is 0 Å². The lowest BCUT2D eigenvalue weighted by atomic mass is 10.2. The van der Waals surface area contributed by atoms with E-state index in [1.165, 1.54) is 0 Å². The van der Waals surface area contributed by atoms with Gasteiger partial charge in [0.2, 0.25) is 0 Å². The van der Waals surface area contributed by atoms with Gasteiger partial charge in [0.1, 0.15) is 0 Å². The van der Waals surface area contributed by atoms with Gasteiger partial charge in [0, 0.05) is 54.2 Å². The van der Waals surface area contributed by atoms with E-state index in [-0.39, 0.29) is 5.91 Å². The highest BCUT2D eigenvalue weighted by atomic mass is 16.5. The minimum atomic E-state index is -0.154. The number of nitrogens with zero attached hydrogens (tertiary/aromatic N) is 4. The van der Waals surface area contributed by atoms with Crippen molar-refractivity contribution in [1.29, 1.82) is 0 Å². The number of rotatable bonds is 6. The van der Waals surface area contributed by atoms with Crippen molar-refractivity contribution in [2.24, 2.45) is 0 Å². The smallest absolute Gasteiger partial charge is 0.255 e. The molecule has 0 radical (unpaired) electrons. The van der Waals surface area contributed by atoms with Crippen molar-refractivity contribution >= 4 is 28.8 Å². The number of ether oxygens (including phenoxy) is 1. The summed E-state index contributed by atoms with van der Waals surface area (Å²) >= 11 is 0. The zero-order chi connectivity index (χ0) is 22.5. The molecule has 1 amide bonds. The molecule has 8 heteroatoms. The van der Waals surface area contributed by atoms with Crippen molar-refractivity contribution < 1.29 is 9.53 Å². The van der Waals surface area contributed by atoms with Gasteiger partial charge >= 0.3 is 0 Å². The summed E-state index contributed by atoms with van der Waals surface area (Å²) in [4.78, 5) is 14.8. The summed E-state index contributed by atoms with van der Waals surface area (Å²) < 4.78 is 7.40. The normalized spacial score (nSPS) is 13.5. The van der Waals surface area contributed by atoms with E-state index in [2.05, 4.69) is 25.7 Å². The van der Waals surface area contributed by atoms with Crippen LogP contribution in [0.4, 0.5) is 22.9 Å². The number of aromatic nitrogens is 3. The molecular weight excluding hydrogens is 416 g/mol. The molecule has 0 unspecified atom stereocenters. The lowest BCUT2D eigenvalue weighted by Crippen LogP contribution is -2.36. The van der Waals surface area contributed by atoms with Crippen LogP contribution in [-0.4, -0.2) is 47.0 Å². The number of anilines is 4. The van der Waals surface area contributed by atoms with Gasteiger partial charge in [-0.1, -0.05) is 0 Å². The Bertz CT molecular complexity index is 1200. The van der Waals surface area contributed by atoms with Crippen LogP contribution in [0.3, 0.4) is 0 Å². The Kier molecular flexibility index (Phi) is 5.99. The molecule has 2 aromatic carbocycles. The highest BCUT2D eigenvalue weighted by Crippen LogP contribution is 2.22. The van der Waals surface area contributed by atoms with Crippen molar-refractivity contribution in [1.82, 2.24) is 14.8 Å². The minimum absolute atomic E-state index is 0.154. The first-order valence-corrected chi connectivity index (χ1v) is 10.8. The molecule has 2 N–H and O–H groups in total. The van der Waals surface area contributed by atoms with Crippen LogP contribution in [-0.2, 0) is 4.74 Å². The van der Waals surface area contributed by atoms with Crippen LogP contribution in [0.5, 0.6) is 0 Å². The van der Waals surface area contributed by atoms with Gasteiger partial charge in [-0.2, -0.15) is 5.10 Å². The molecule has 1 aliphatic heterocycles. The SMILES string of the molecule is O=C(Nc1ccc(Nc2cc(N3CCOCC3)cnn2)cc1)c1ccc(-n2cccc2)cc1. The molecule has 4 aromatic rings. The van der Waals surface area contributed by atoms with Crippen molar-refractivity contribution in [3.05, 3.63) is 90.9 Å². The van der Waals surface area contributed by atoms with Gasteiger partial charge in [0.15, 0.2) is 5.82 Å². The molecule has 8 nitrogen and oxygen atoms in total. The average molecular weight is 441 g/mol. The molecule has 0 bridgehead atoms. The molecule has 0 aliphatic carbocycles. The first-order valence-electron chi connectivity index (χ1n) is 10.8. The molecule has 1 saturated heterocycles. The Balaban J connectivity index is 1.20. The van der Waals surface area contributed by atoms with Gasteiger partial charge in [-0.15, -0.1) is 5.10 Å². The minimum Gasteiger partial charge on any atom is -0.378 e. The van der Waals surface area contributed by atoms with E-state index in [4.69, 9.17) is 4.74 Å². The van der Waals surface area contributed by atoms with Gasteiger partial charge in [-0.25, -0.2) is 0 Å². The molecule has 0 atom stereocenters. The Morgan fingerprint density at radius 1 is 0.879 bits per heavy atom. The molecule has 1 aliphatic rings. The van der Waals surface area contributed by atoms with E-state index in [1.807, 2.05) is 83.7 Å². The quantitative estimate of drug-likeness (QED) is 0.470. The van der Waals surface area contributed by atoms with Crippen LogP contribution >= 0.6 is 0 Å². The monoisotopic (exact) mass is 440 g/mol. The van der Waals surface area contributed by atoms with E-state index >= 15 is 0 Å². The van der Waals surface area contributed by atoms with Crippen molar-refractivity contribution in [2.45, 2.75) is 0 Å². The largest absolute Gasteiger partial charge is 0.378 e. The standard InChI is InChI=1S/C25H24N6O2/c32-25(19-3-9-22(10-4-19)30-11-1-2-12-30)28-21-7-5-20(6-8-21)27-24-17-23(18-26-29-24)31-13-15-33-16-14-31/h1-12,17-18H,13-16H2,(H,27,29)(H,28,32). The van der Waals surface area contributed by atoms with Crippen LogP contribution in [0.1, 0.15) is 10.4 Å². The molecule has 33 heavy (non-hydrogen) atoms. The predicted molar refractivity (Wildman–Crippen MR) is 129 cm³/mol. The van der Waals surface area contributed by atoms with Gasteiger partial charge in [0.05, 0.1) is 25.1 Å². The summed E-state index contributed by atoms with van der Waals surface area (Å²) in [5, 5.41) is 14.5. The number of hydrogen-bond donors (Lipinski definition) is 2. The average Bonchev–Trinajstić information content (AvgIpc) is 3.41. The second kappa shape index (κ2) is 9.54. The van der Waals surface area contributed by atoms with Gasteiger partial charge in [0.25, 0.3) is 5.91 Å². The Morgan fingerprint density at radius 2 is 1.58 bits per heavy atom. The fraction of sp³-hybridized carbons (Fsp3) is 0.160. The van der Waals surface area contributed by atoms with E-state index in [0.29, 0.717) is 17.1 Å². The molecule has 166 valence electrons. The molecule has 5 rings (SSSR count). The molecule has 0 saturated carbocycles. The summed E-state index contributed by atoms with van der Waals surface area (Å²) in [6.07, 6.45) is 5.70. The maximum atomic E-state index is 12.6. The summed E-state index contributed by atoms with van der Waals surface area (Å²) in [5.41, 5.74) is 4.20. The highest BCUT2D eigenvalue weighted by Gasteiger charge is 2.12. The first-order chi connectivity index (χ1) is 16.2. The summed E-state index contributed by atoms with van der Waals surface area (Å²) in [5.74, 6) is 0.511. The van der Waals surface area contributed by atoms with E-state index in [0.717, 1.165) is 43.4 Å². The molecule has 3 heterocycles.